The summed E-state index contributed by atoms with van der Waals surface area (Å²) in [5.74, 6) is 0. The number of allylic oxidation sites excluding steroid dienone is 1. The van der Waals surface area contributed by atoms with Gasteiger partial charge < -0.3 is 4.90 Å². The molecule has 1 aliphatic rings. The van der Waals surface area contributed by atoms with Gasteiger partial charge in [-0.25, -0.2) is 0 Å². The molecule has 0 spiro atoms. The summed E-state index contributed by atoms with van der Waals surface area (Å²) in [5, 5.41) is 1.13. The SMILES string of the molecule is CN1CCN=C(C=Cc2ccc(Cl)c(Cl)c2)c2ccccc21.Cl.Cl. The fourth-order valence-corrected chi connectivity index (χ4v) is 2.79. The van der Waals surface area contributed by atoms with Crippen molar-refractivity contribution in [3.8, 4) is 0 Å². The molecule has 128 valence electrons. The van der Waals surface area contributed by atoms with E-state index in [2.05, 4.69) is 30.1 Å². The molecular weight excluding hydrogens is 386 g/mol. The highest BCUT2D eigenvalue weighted by Crippen LogP contribution is 2.25. The number of hydrogen-bond donors (Lipinski definition) is 0. The van der Waals surface area contributed by atoms with Gasteiger partial charge in [-0.1, -0.05) is 53.5 Å². The van der Waals surface area contributed by atoms with E-state index < -0.39 is 0 Å². The lowest BCUT2D eigenvalue weighted by Gasteiger charge is -2.18. The van der Waals surface area contributed by atoms with Crippen LogP contribution in [0.3, 0.4) is 0 Å². The lowest BCUT2D eigenvalue weighted by Crippen LogP contribution is -2.20. The Morgan fingerprint density at radius 2 is 1.75 bits per heavy atom. The van der Waals surface area contributed by atoms with E-state index in [0.717, 1.165) is 29.9 Å². The maximum Gasteiger partial charge on any atom is 0.0668 e. The van der Waals surface area contributed by atoms with Gasteiger partial charge in [-0.15, -0.1) is 24.8 Å². The molecule has 3 rings (SSSR count). The number of hydrogen-bond acceptors (Lipinski definition) is 2. The van der Waals surface area contributed by atoms with Crippen LogP contribution in [0.15, 0.2) is 53.5 Å². The molecule has 6 heteroatoms. The summed E-state index contributed by atoms with van der Waals surface area (Å²) in [6.07, 6.45) is 4.06. The largest absolute Gasteiger partial charge is 0.372 e. The zero-order valence-electron chi connectivity index (χ0n) is 13.1. The highest BCUT2D eigenvalue weighted by Gasteiger charge is 2.13. The average molecular weight is 404 g/mol. The molecule has 0 fully saturated rings. The predicted octanol–water partition coefficient (Wildman–Crippen LogP) is 5.79. The zero-order valence-corrected chi connectivity index (χ0v) is 16.2. The molecule has 0 bridgehead atoms. The van der Waals surface area contributed by atoms with Gasteiger partial charge in [-0.2, -0.15) is 0 Å². The van der Waals surface area contributed by atoms with Gasteiger partial charge in [-0.3, -0.25) is 4.99 Å². The molecule has 0 saturated carbocycles. The Bertz CT molecular complexity index is 756. The molecule has 0 unspecified atom stereocenters. The lowest BCUT2D eigenvalue weighted by atomic mass is 10.1. The van der Waals surface area contributed by atoms with Crippen molar-refractivity contribution in [3.63, 3.8) is 0 Å². The summed E-state index contributed by atoms with van der Waals surface area (Å²) in [5.41, 5.74) is 4.36. The first-order valence-corrected chi connectivity index (χ1v) is 7.89. The minimum Gasteiger partial charge on any atom is -0.372 e. The van der Waals surface area contributed by atoms with Crippen molar-refractivity contribution in [3.05, 3.63) is 69.7 Å². The van der Waals surface area contributed by atoms with Crippen molar-refractivity contribution in [1.82, 2.24) is 0 Å². The Morgan fingerprint density at radius 3 is 2.50 bits per heavy atom. The van der Waals surface area contributed by atoms with Crippen LogP contribution in [0.4, 0.5) is 5.69 Å². The number of fused-ring (bicyclic) bond motifs is 1. The quantitative estimate of drug-likeness (QED) is 0.619. The van der Waals surface area contributed by atoms with Gasteiger partial charge in [-0.05, 0) is 29.8 Å². The van der Waals surface area contributed by atoms with Crippen LogP contribution < -0.4 is 4.90 Å². The zero-order chi connectivity index (χ0) is 15.5. The molecule has 0 radical (unpaired) electrons. The summed E-state index contributed by atoms with van der Waals surface area (Å²) in [7, 11) is 2.10. The summed E-state index contributed by atoms with van der Waals surface area (Å²) in [6, 6.07) is 13.9. The number of anilines is 1. The number of likely N-dealkylation sites (N-methyl/N-ethyl adjacent to an activating group) is 1. The predicted molar refractivity (Wildman–Crippen MR) is 111 cm³/mol. The van der Waals surface area contributed by atoms with Crippen molar-refractivity contribution >= 4 is 65.5 Å². The fourth-order valence-electron chi connectivity index (χ4n) is 2.48. The van der Waals surface area contributed by atoms with E-state index in [9.17, 15) is 0 Å². The molecule has 0 atom stereocenters. The summed E-state index contributed by atoms with van der Waals surface area (Å²) in [4.78, 5) is 6.93. The molecule has 0 N–H and O–H groups in total. The second kappa shape index (κ2) is 9.33. The van der Waals surface area contributed by atoms with Crippen LogP contribution in [0.5, 0.6) is 0 Å². The number of halogens is 4. The van der Waals surface area contributed by atoms with Crippen molar-refractivity contribution < 1.29 is 0 Å². The normalized spacial score (nSPS) is 13.5. The van der Waals surface area contributed by atoms with E-state index in [4.69, 9.17) is 28.2 Å². The molecular formula is C18H18Cl4N2. The van der Waals surface area contributed by atoms with Crippen LogP contribution in [-0.4, -0.2) is 25.8 Å². The molecule has 0 aliphatic carbocycles. The molecule has 2 nitrogen and oxygen atoms in total. The molecule has 0 amide bonds. The van der Waals surface area contributed by atoms with Crippen LogP contribution in [0.2, 0.25) is 10.0 Å². The van der Waals surface area contributed by atoms with E-state index in [0.29, 0.717) is 10.0 Å². The summed E-state index contributed by atoms with van der Waals surface area (Å²) < 4.78 is 0. The number of nitrogens with zero attached hydrogens (tertiary/aromatic N) is 2. The van der Waals surface area contributed by atoms with Gasteiger partial charge in [0.15, 0.2) is 0 Å². The van der Waals surface area contributed by atoms with Crippen LogP contribution in [0.1, 0.15) is 11.1 Å². The second-order valence-corrected chi connectivity index (χ2v) is 6.03. The van der Waals surface area contributed by atoms with Crippen LogP contribution >= 0.6 is 48.0 Å². The second-order valence-electron chi connectivity index (χ2n) is 5.21. The third kappa shape index (κ3) is 4.67. The average Bonchev–Trinajstić information content (AvgIpc) is 2.68. The van der Waals surface area contributed by atoms with Gasteiger partial charge >= 0.3 is 0 Å². The molecule has 24 heavy (non-hydrogen) atoms. The Balaban J connectivity index is 0.00000144. The molecule has 2 aromatic carbocycles. The van der Waals surface area contributed by atoms with Crippen molar-refractivity contribution in [1.29, 1.82) is 0 Å². The lowest BCUT2D eigenvalue weighted by molar-refractivity contribution is 0.897. The molecule has 1 heterocycles. The molecule has 0 aromatic heterocycles. The smallest absolute Gasteiger partial charge is 0.0668 e. The monoisotopic (exact) mass is 402 g/mol. The number of benzodiazepines with no additional fused rings is 1. The Morgan fingerprint density at radius 1 is 1.00 bits per heavy atom. The summed E-state index contributed by atoms with van der Waals surface area (Å²) in [6.45, 7) is 1.70. The maximum atomic E-state index is 6.06. The van der Waals surface area contributed by atoms with Gasteiger partial charge in [0, 0.05) is 24.8 Å². The molecule has 2 aromatic rings. The first-order chi connectivity index (χ1) is 10.6. The number of benzene rings is 2. The van der Waals surface area contributed by atoms with Crippen LogP contribution in [-0.2, 0) is 0 Å². The Hall–Kier alpha value is -1.19. The van der Waals surface area contributed by atoms with E-state index in [1.54, 1.807) is 6.07 Å². The van der Waals surface area contributed by atoms with E-state index in [-0.39, 0.29) is 24.8 Å². The van der Waals surface area contributed by atoms with Crippen LogP contribution in [0.25, 0.3) is 6.08 Å². The van der Waals surface area contributed by atoms with E-state index in [1.165, 1.54) is 5.69 Å². The van der Waals surface area contributed by atoms with E-state index in [1.807, 2.05) is 30.4 Å². The van der Waals surface area contributed by atoms with Crippen molar-refractivity contribution in [2.75, 3.05) is 25.0 Å². The first-order valence-electron chi connectivity index (χ1n) is 7.13. The third-order valence-electron chi connectivity index (χ3n) is 3.69. The Labute approximate surface area is 165 Å². The minimum absolute atomic E-state index is 0. The van der Waals surface area contributed by atoms with Crippen molar-refractivity contribution in [2.24, 2.45) is 4.99 Å². The Kier molecular flexibility index (Phi) is 8.11. The highest BCUT2D eigenvalue weighted by molar-refractivity contribution is 6.42. The number of aliphatic imine (C=N–C) groups is 1. The standard InChI is InChI=1S/C18H16Cl2N2.2ClH/c1-22-11-10-21-17(14-4-2-3-5-18(14)22)9-7-13-6-8-15(19)16(20)12-13;;/h2-9,12H,10-11H2,1H3;2*1H. The van der Waals surface area contributed by atoms with Crippen LogP contribution in [0, 0.1) is 0 Å². The molecule has 1 aliphatic heterocycles. The number of rotatable bonds is 2. The fraction of sp³-hybridized carbons (Fsp3) is 0.167. The number of para-hydroxylation sites is 1. The van der Waals surface area contributed by atoms with Gasteiger partial charge in [0.25, 0.3) is 0 Å². The molecule has 0 saturated heterocycles. The minimum atomic E-state index is 0. The van der Waals surface area contributed by atoms with E-state index >= 15 is 0 Å². The van der Waals surface area contributed by atoms with Gasteiger partial charge in [0.05, 0.1) is 22.3 Å². The van der Waals surface area contributed by atoms with Gasteiger partial charge in [0.1, 0.15) is 0 Å². The summed E-state index contributed by atoms with van der Waals surface area (Å²) >= 11 is 12.0. The van der Waals surface area contributed by atoms with Crippen molar-refractivity contribution in [2.45, 2.75) is 0 Å². The van der Waals surface area contributed by atoms with Gasteiger partial charge in [0.2, 0.25) is 0 Å². The first kappa shape index (κ1) is 20.9. The third-order valence-corrected chi connectivity index (χ3v) is 4.43. The topological polar surface area (TPSA) is 15.6 Å². The highest BCUT2D eigenvalue weighted by atomic mass is 35.5. The maximum absolute atomic E-state index is 6.06.